The zero-order valence-electron chi connectivity index (χ0n) is 9.34. The largest absolute Gasteiger partial charge is 0.441 e. The summed E-state index contributed by atoms with van der Waals surface area (Å²) in [6.45, 7) is 0.841. The Morgan fingerprint density at radius 3 is 3.00 bits per heavy atom. The lowest BCUT2D eigenvalue weighted by Gasteiger charge is -2.00. The van der Waals surface area contributed by atoms with Gasteiger partial charge < -0.3 is 9.73 Å². The predicted molar refractivity (Wildman–Crippen MR) is 72.3 cm³/mol. The molecule has 1 aromatic carbocycles. The monoisotopic (exact) mass is 314 g/mol. The van der Waals surface area contributed by atoms with Crippen molar-refractivity contribution < 1.29 is 4.42 Å². The minimum Gasteiger partial charge on any atom is -0.441 e. The minimum atomic E-state index is 0.649. The van der Waals surface area contributed by atoms with Crippen LogP contribution >= 0.6 is 27.5 Å². The van der Waals surface area contributed by atoms with Gasteiger partial charge in [0.1, 0.15) is 0 Å². The molecule has 0 aliphatic heterocycles. The van der Waals surface area contributed by atoms with E-state index in [4.69, 9.17) is 16.0 Å². The van der Waals surface area contributed by atoms with Gasteiger partial charge in [-0.3, -0.25) is 0 Å². The fraction of sp³-hybridized carbons (Fsp3) is 0.250. The van der Waals surface area contributed by atoms with E-state index in [1.54, 1.807) is 6.20 Å². The Balaban J connectivity index is 2.24. The van der Waals surface area contributed by atoms with E-state index in [-0.39, 0.29) is 0 Å². The quantitative estimate of drug-likeness (QED) is 0.938. The Labute approximate surface area is 113 Å². The smallest absolute Gasteiger partial charge is 0.196 e. The van der Waals surface area contributed by atoms with Crippen molar-refractivity contribution in [3.05, 3.63) is 39.8 Å². The normalized spacial score (nSPS) is 10.8. The second kappa shape index (κ2) is 5.67. The number of halogens is 2. The van der Waals surface area contributed by atoms with Gasteiger partial charge in [0, 0.05) is 23.0 Å². The van der Waals surface area contributed by atoms with E-state index in [0.29, 0.717) is 16.7 Å². The Morgan fingerprint density at radius 1 is 1.47 bits per heavy atom. The van der Waals surface area contributed by atoms with Gasteiger partial charge in [0.25, 0.3) is 0 Å². The first kappa shape index (κ1) is 12.6. The highest BCUT2D eigenvalue weighted by atomic mass is 79.9. The first-order valence-electron chi connectivity index (χ1n) is 5.25. The Hall–Kier alpha value is -0.840. The van der Waals surface area contributed by atoms with Gasteiger partial charge in [-0.15, -0.1) is 0 Å². The molecule has 0 spiro atoms. The van der Waals surface area contributed by atoms with Gasteiger partial charge in [0.05, 0.1) is 11.2 Å². The zero-order chi connectivity index (χ0) is 12.3. The van der Waals surface area contributed by atoms with Gasteiger partial charge >= 0.3 is 0 Å². The maximum atomic E-state index is 6.15. The number of nitrogens with one attached hydrogen (secondary N) is 1. The number of nitrogens with zero attached hydrogens (tertiary/aromatic N) is 1. The summed E-state index contributed by atoms with van der Waals surface area (Å²) in [4.78, 5) is 4.22. The summed E-state index contributed by atoms with van der Waals surface area (Å²) < 4.78 is 6.59. The minimum absolute atomic E-state index is 0.649. The number of aromatic nitrogens is 1. The van der Waals surface area contributed by atoms with E-state index in [1.165, 1.54) is 0 Å². The van der Waals surface area contributed by atoms with Crippen molar-refractivity contribution in [3.63, 3.8) is 0 Å². The molecule has 0 saturated carbocycles. The highest BCUT2D eigenvalue weighted by Gasteiger charge is 2.09. The zero-order valence-corrected chi connectivity index (χ0v) is 11.7. The van der Waals surface area contributed by atoms with Gasteiger partial charge in [-0.25, -0.2) is 4.98 Å². The van der Waals surface area contributed by atoms with Crippen LogP contribution in [0.1, 0.15) is 5.89 Å². The van der Waals surface area contributed by atoms with Crippen LogP contribution in [0.25, 0.3) is 11.3 Å². The number of oxazole rings is 1. The molecule has 0 saturated heterocycles. The fourth-order valence-corrected chi connectivity index (χ4v) is 2.24. The van der Waals surface area contributed by atoms with Crippen LogP contribution in [-0.2, 0) is 6.42 Å². The average molecular weight is 316 g/mol. The summed E-state index contributed by atoms with van der Waals surface area (Å²) in [5.74, 6) is 1.42. The molecule has 0 amide bonds. The topological polar surface area (TPSA) is 38.1 Å². The summed E-state index contributed by atoms with van der Waals surface area (Å²) in [5.41, 5.74) is 0.859. The molecule has 1 aromatic heterocycles. The van der Waals surface area contributed by atoms with Crippen LogP contribution in [0.4, 0.5) is 0 Å². The predicted octanol–water partition coefficient (Wildman–Crippen LogP) is 3.52. The highest BCUT2D eigenvalue weighted by Crippen LogP contribution is 2.30. The SMILES string of the molecule is CNCCc1ncc(-c2ccc(Br)cc2Cl)o1. The second-order valence-electron chi connectivity index (χ2n) is 3.60. The Morgan fingerprint density at radius 2 is 2.29 bits per heavy atom. The molecule has 0 aliphatic carbocycles. The third-order valence-electron chi connectivity index (χ3n) is 2.34. The molecule has 1 heterocycles. The van der Waals surface area contributed by atoms with E-state index in [2.05, 4.69) is 26.2 Å². The molecule has 5 heteroatoms. The van der Waals surface area contributed by atoms with Gasteiger partial charge in [-0.1, -0.05) is 27.5 Å². The highest BCUT2D eigenvalue weighted by molar-refractivity contribution is 9.10. The summed E-state index contributed by atoms with van der Waals surface area (Å²) in [6.07, 6.45) is 2.48. The van der Waals surface area contributed by atoms with Crippen LogP contribution in [0.3, 0.4) is 0 Å². The van der Waals surface area contributed by atoms with Gasteiger partial charge in [-0.05, 0) is 25.2 Å². The number of benzene rings is 1. The van der Waals surface area contributed by atoms with Crippen molar-refractivity contribution in [1.82, 2.24) is 10.3 Å². The van der Waals surface area contributed by atoms with Crippen LogP contribution in [0.2, 0.25) is 5.02 Å². The van der Waals surface area contributed by atoms with Crippen LogP contribution in [0.5, 0.6) is 0 Å². The van der Waals surface area contributed by atoms with E-state index >= 15 is 0 Å². The molecule has 3 nitrogen and oxygen atoms in total. The maximum Gasteiger partial charge on any atom is 0.196 e. The third kappa shape index (κ3) is 3.09. The third-order valence-corrected chi connectivity index (χ3v) is 3.14. The molecule has 2 aromatic rings. The molecule has 0 atom stereocenters. The van der Waals surface area contributed by atoms with Crippen molar-refractivity contribution in [3.8, 4) is 11.3 Å². The van der Waals surface area contributed by atoms with Gasteiger partial charge in [0.2, 0.25) is 0 Å². The van der Waals surface area contributed by atoms with E-state index in [1.807, 2.05) is 25.2 Å². The van der Waals surface area contributed by atoms with Crippen LogP contribution in [-0.4, -0.2) is 18.6 Å². The standard InChI is InChI=1S/C12H12BrClN2O/c1-15-5-4-12-16-7-11(17-12)9-3-2-8(13)6-10(9)14/h2-3,6-7,15H,4-5H2,1H3. The number of hydrogen-bond acceptors (Lipinski definition) is 3. The average Bonchev–Trinajstić information content (AvgIpc) is 2.75. The molecular formula is C12H12BrClN2O. The summed E-state index contributed by atoms with van der Waals surface area (Å²) in [5, 5.41) is 3.70. The van der Waals surface area contributed by atoms with Crippen LogP contribution in [0, 0.1) is 0 Å². The fourth-order valence-electron chi connectivity index (χ4n) is 1.47. The molecular weight excluding hydrogens is 304 g/mol. The van der Waals surface area contributed by atoms with E-state index < -0.39 is 0 Å². The first-order chi connectivity index (χ1) is 8.20. The molecule has 0 unspecified atom stereocenters. The second-order valence-corrected chi connectivity index (χ2v) is 4.92. The number of hydrogen-bond donors (Lipinski definition) is 1. The molecule has 0 bridgehead atoms. The summed E-state index contributed by atoms with van der Waals surface area (Å²) in [6, 6.07) is 5.68. The van der Waals surface area contributed by atoms with Crippen molar-refractivity contribution in [1.29, 1.82) is 0 Å². The number of rotatable bonds is 4. The molecule has 2 rings (SSSR count). The molecule has 1 N–H and O–H groups in total. The van der Waals surface area contributed by atoms with Crippen molar-refractivity contribution in [2.45, 2.75) is 6.42 Å². The molecule has 90 valence electrons. The lowest BCUT2D eigenvalue weighted by atomic mass is 10.2. The summed E-state index contributed by atoms with van der Waals surface area (Å²) >= 11 is 9.52. The van der Waals surface area contributed by atoms with Crippen molar-refractivity contribution in [2.24, 2.45) is 0 Å². The lowest BCUT2D eigenvalue weighted by molar-refractivity contribution is 0.501. The summed E-state index contributed by atoms with van der Waals surface area (Å²) in [7, 11) is 1.90. The van der Waals surface area contributed by atoms with Crippen LogP contribution in [0.15, 0.2) is 33.3 Å². The number of likely N-dealkylation sites (N-methyl/N-ethyl adjacent to an activating group) is 1. The molecule has 17 heavy (non-hydrogen) atoms. The van der Waals surface area contributed by atoms with E-state index in [0.717, 1.165) is 23.0 Å². The molecule has 0 fully saturated rings. The lowest BCUT2D eigenvalue weighted by Crippen LogP contribution is -2.10. The molecule has 0 radical (unpaired) electrons. The van der Waals surface area contributed by atoms with Crippen LogP contribution < -0.4 is 5.32 Å². The molecule has 0 aliphatic rings. The van der Waals surface area contributed by atoms with E-state index in [9.17, 15) is 0 Å². The first-order valence-corrected chi connectivity index (χ1v) is 6.42. The maximum absolute atomic E-state index is 6.15. The Bertz CT molecular complexity index is 513. The van der Waals surface area contributed by atoms with Crippen molar-refractivity contribution >= 4 is 27.5 Å². The van der Waals surface area contributed by atoms with Gasteiger partial charge in [-0.2, -0.15) is 0 Å². The van der Waals surface area contributed by atoms with Gasteiger partial charge in [0.15, 0.2) is 11.7 Å². The van der Waals surface area contributed by atoms with Crippen molar-refractivity contribution in [2.75, 3.05) is 13.6 Å². The Kier molecular flexibility index (Phi) is 4.20.